The molecule has 0 radical (unpaired) electrons. The molecule has 2 heterocycles. The molecule has 1 unspecified atom stereocenters. The van der Waals surface area contributed by atoms with Crippen LogP contribution in [0.1, 0.15) is 23.3 Å². The monoisotopic (exact) mass is 204 g/mol. The standard InChI is InChI=1S/C9H12N6/c1-6-11-4-3-7(13-6)9(10)8-5-12-14-15(8)2/h3-5,9H,10H2,1-2H3. The van der Waals surface area contributed by atoms with E-state index in [4.69, 9.17) is 5.73 Å². The maximum Gasteiger partial charge on any atom is 0.125 e. The summed E-state index contributed by atoms with van der Waals surface area (Å²) in [4.78, 5) is 8.29. The third-order valence-electron chi connectivity index (χ3n) is 2.18. The smallest absolute Gasteiger partial charge is 0.125 e. The van der Waals surface area contributed by atoms with E-state index in [0.29, 0.717) is 5.82 Å². The fraction of sp³-hybridized carbons (Fsp3) is 0.333. The first-order valence-electron chi connectivity index (χ1n) is 4.58. The van der Waals surface area contributed by atoms with E-state index in [1.807, 2.05) is 6.92 Å². The summed E-state index contributed by atoms with van der Waals surface area (Å²) in [7, 11) is 1.80. The lowest BCUT2D eigenvalue weighted by molar-refractivity contribution is 0.642. The molecule has 0 saturated carbocycles. The van der Waals surface area contributed by atoms with E-state index in [9.17, 15) is 0 Å². The third kappa shape index (κ3) is 1.84. The Balaban J connectivity index is 2.36. The van der Waals surface area contributed by atoms with Crippen LogP contribution >= 0.6 is 0 Å². The molecule has 78 valence electrons. The molecule has 15 heavy (non-hydrogen) atoms. The molecule has 6 heteroatoms. The third-order valence-corrected chi connectivity index (χ3v) is 2.18. The topological polar surface area (TPSA) is 82.5 Å². The van der Waals surface area contributed by atoms with Crippen LogP contribution in [0.25, 0.3) is 0 Å². The van der Waals surface area contributed by atoms with Gasteiger partial charge in [0.1, 0.15) is 5.82 Å². The van der Waals surface area contributed by atoms with Crippen LogP contribution in [0.3, 0.4) is 0 Å². The zero-order valence-electron chi connectivity index (χ0n) is 8.62. The van der Waals surface area contributed by atoms with E-state index >= 15 is 0 Å². The maximum absolute atomic E-state index is 6.04. The van der Waals surface area contributed by atoms with Gasteiger partial charge in [0.05, 0.1) is 23.6 Å². The molecule has 0 aliphatic heterocycles. The van der Waals surface area contributed by atoms with Gasteiger partial charge < -0.3 is 5.73 Å². The highest BCUT2D eigenvalue weighted by atomic mass is 15.4. The van der Waals surface area contributed by atoms with E-state index in [-0.39, 0.29) is 6.04 Å². The molecule has 0 saturated heterocycles. The van der Waals surface area contributed by atoms with Gasteiger partial charge in [-0.25, -0.2) is 9.97 Å². The fourth-order valence-electron chi connectivity index (χ4n) is 1.38. The van der Waals surface area contributed by atoms with Gasteiger partial charge in [0.15, 0.2) is 0 Å². The second-order valence-electron chi connectivity index (χ2n) is 3.29. The number of rotatable bonds is 2. The van der Waals surface area contributed by atoms with Crippen LogP contribution in [0.2, 0.25) is 0 Å². The summed E-state index contributed by atoms with van der Waals surface area (Å²) >= 11 is 0. The van der Waals surface area contributed by atoms with Crippen molar-refractivity contribution >= 4 is 0 Å². The Bertz CT molecular complexity index is 463. The first-order valence-corrected chi connectivity index (χ1v) is 4.58. The molecule has 1 atom stereocenters. The first-order chi connectivity index (χ1) is 7.18. The van der Waals surface area contributed by atoms with Gasteiger partial charge in [-0.3, -0.25) is 4.68 Å². The summed E-state index contributed by atoms with van der Waals surface area (Å²) in [6.07, 6.45) is 3.34. The number of aromatic nitrogens is 5. The Hall–Kier alpha value is -1.82. The van der Waals surface area contributed by atoms with Gasteiger partial charge in [0.2, 0.25) is 0 Å². The average molecular weight is 204 g/mol. The Morgan fingerprint density at radius 1 is 1.47 bits per heavy atom. The van der Waals surface area contributed by atoms with Crippen molar-refractivity contribution < 1.29 is 0 Å². The van der Waals surface area contributed by atoms with Crippen molar-refractivity contribution in [1.82, 2.24) is 25.0 Å². The molecule has 2 aromatic rings. The number of nitrogens with zero attached hydrogens (tertiary/aromatic N) is 5. The zero-order chi connectivity index (χ0) is 10.8. The van der Waals surface area contributed by atoms with E-state index < -0.39 is 0 Å². The fourth-order valence-corrected chi connectivity index (χ4v) is 1.38. The summed E-state index contributed by atoms with van der Waals surface area (Å²) in [5, 5.41) is 7.61. The minimum absolute atomic E-state index is 0.313. The van der Waals surface area contributed by atoms with Crippen LogP contribution in [0.4, 0.5) is 0 Å². The predicted octanol–water partition coefficient (Wildman–Crippen LogP) is -0.0384. The first kappa shape index (κ1) is 9.72. The van der Waals surface area contributed by atoms with Gasteiger partial charge in [-0.05, 0) is 13.0 Å². The highest BCUT2D eigenvalue weighted by molar-refractivity contribution is 5.18. The molecule has 2 rings (SSSR count). The Morgan fingerprint density at radius 3 is 2.87 bits per heavy atom. The number of aryl methyl sites for hydroxylation is 2. The summed E-state index contributed by atoms with van der Waals surface area (Å²) in [6, 6.07) is 1.48. The minimum Gasteiger partial charge on any atom is -0.318 e. The van der Waals surface area contributed by atoms with Crippen LogP contribution in [0.5, 0.6) is 0 Å². The maximum atomic E-state index is 6.04. The predicted molar refractivity (Wildman–Crippen MR) is 53.8 cm³/mol. The van der Waals surface area contributed by atoms with Crippen molar-refractivity contribution in [3.8, 4) is 0 Å². The van der Waals surface area contributed by atoms with Crippen LogP contribution in [0, 0.1) is 6.92 Å². The Labute approximate surface area is 87.2 Å². The molecular formula is C9H12N6. The van der Waals surface area contributed by atoms with Crippen LogP contribution in [0.15, 0.2) is 18.5 Å². The molecule has 0 aliphatic rings. The van der Waals surface area contributed by atoms with Crippen molar-refractivity contribution in [3.63, 3.8) is 0 Å². The molecule has 0 amide bonds. The highest BCUT2D eigenvalue weighted by Crippen LogP contribution is 2.14. The summed E-state index contributed by atoms with van der Waals surface area (Å²) in [5.74, 6) is 0.707. The van der Waals surface area contributed by atoms with Crippen molar-refractivity contribution in [2.75, 3.05) is 0 Å². The van der Waals surface area contributed by atoms with E-state index in [1.54, 1.807) is 30.2 Å². The SMILES string of the molecule is Cc1nccc(C(N)c2cnnn2C)n1. The molecular weight excluding hydrogens is 192 g/mol. The van der Waals surface area contributed by atoms with Crippen molar-refractivity contribution in [1.29, 1.82) is 0 Å². The molecule has 0 bridgehead atoms. The van der Waals surface area contributed by atoms with Crippen molar-refractivity contribution in [2.24, 2.45) is 12.8 Å². The van der Waals surface area contributed by atoms with E-state index in [1.165, 1.54) is 0 Å². The van der Waals surface area contributed by atoms with Crippen molar-refractivity contribution in [2.45, 2.75) is 13.0 Å². The van der Waals surface area contributed by atoms with Crippen LogP contribution in [-0.2, 0) is 7.05 Å². The number of hydrogen-bond acceptors (Lipinski definition) is 5. The lowest BCUT2D eigenvalue weighted by Crippen LogP contribution is -2.17. The van der Waals surface area contributed by atoms with Gasteiger partial charge in [-0.1, -0.05) is 5.21 Å². The van der Waals surface area contributed by atoms with Gasteiger partial charge >= 0.3 is 0 Å². The van der Waals surface area contributed by atoms with Gasteiger partial charge in [0, 0.05) is 13.2 Å². The molecule has 0 aliphatic carbocycles. The number of nitrogens with two attached hydrogens (primary N) is 1. The van der Waals surface area contributed by atoms with Crippen molar-refractivity contribution in [3.05, 3.63) is 35.7 Å². The average Bonchev–Trinajstić information content (AvgIpc) is 2.63. The summed E-state index contributed by atoms with van der Waals surface area (Å²) < 4.78 is 1.64. The van der Waals surface area contributed by atoms with Crippen LogP contribution in [-0.4, -0.2) is 25.0 Å². The zero-order valence-corrected chi connectivity index (χ0v) is 8.62. The second kappa shape index (κ2) is 3.74. The van der Waals surface area contributed by atoms with Gasteiger partial charge in [-0.15, -0.1) is 5.10 Å². The highest BCUT2D eigenvalue weighted by Gasteiger charge is 2.14. The number of hydrogen-bond donors (Lipinski definition) is 1. The lowest BCUT2D eigenvalue weighted by atomic mass is 10.1. The molecule has 0 fully saturated rings. The molecule has 2 aromatic heterocycles. The Morgan fingerprint density at radius 2 is 2.27 bits per heavy atom. The second-order valence-corrected chi connectivity index (χ2v) is 3.29. The van der Waals surface area contributed by atoms with E-state index in [0.717, 1.165) is 11.4 Å². The lowest BCUT2D eigenvalue weighted by Gasteiger charge is -2.10. The van der Waals surface area contributed by atoms with Crippen LogP contribution < -0.4 is 5.73 Å². The normalized spacial score (nSPS) is 12.7. The van der Waals surface area contributed by atoms with Gasteiger partial charge in [-0.2, -0.15) is 0 Å². The molecule has 6 nitrogen and oxygen atoms in total. The molecule has 2 N–H and O–H groups in total. The Kier molecular flexibility index (Phi) is 2.42. The summed E-state index contributed by atoms with van der Waals surface area (Å²) in [5.41, 5.74) is 7.64. The minimum atomic E-state index is -0.313. The molecule has 0 aromatic carbocycles. The quantitative estimate of drug-likeness (QED) is 0.742. The van der Waals surface area contributed by atoms with Gasteiger partial charge in [0.25, 0.3) is 0 Å². The largest absolute Gasteiger partial charge is 0.318 e. The van der Waals surface area contributed by atoms with E-state index in [2.05, 4.69) is 20.3 Å². The molecule has 0 spiro atoms. The summed E-state index contributed by atoms with van der Waals surface area (Å²) in [6.45, 7) is 1.83.